The maximum atomic E-state index is 12.9. The summed E-state index contributed by atoms with van der Waals surface area (Å²) in [4.78, 5) is 41.3. The fourth-order valence-corrected chi connectivity index (χ4v) is 4.01. The Hall–Kier alpha value is -2.68. The summed E-state index contributed by atoms with van der Waals surface area (Å²) in [7, 11) is 1.39. The molecule has 0 radical (unpaired) electrons. The number of carbonyl (C=O) groups is 3. The smallest absolute Gasteiger partial charge is 0.328 e. The van der Waals surface area contributed by atoms with Gasteiger partial charge in [-0.2, -0.15) is 0 Å². The molecule has 0 bridgehead atoms. The summed E-state index contributed by atoms with van der Waals surface area (Å²) >= 11 is 0. The van der Waals surface area contributed by atoms with E-state index in [0.717, 1.165) is 19.3 Å². The lowest BCUT2D eigenvalue weighted by molar-refractivity contribution is -0.162. The average molecular weight is 507 g/mol. The summed E-state index contributed by atoms with van der Waals surface area (Å²) in [6.07, 6.45) is 6.04. The Morgan fingerprint density at radius 2 is 1.83 bits per heavy atom. The van der Waals surface area contributed by atoms with Crippen LogP contribution in [0.2, 0.25) is 0 Å². The number of ether oxygens (including phenoxy) is 4. The lowest BCUT2D eigenvalue weighted by Gasteiger charge is -2.32. The number of rotatable bonds is 15. The van der Waals surface area contributed by atoms with Crippen molar-refractivity contribution in [2.24, 2.45) is 17.8 Å². The van der Waals surface area contributed by atoms with Crippen molar-refractivity contribution in [1.29, 1.82) is 0 Å². The molecule has 1 amide bonds. The second-order valence-electron chi connectivity index (χ2n) is 10.0. The van der Waals surface area contributed by atoms with E-state index in [-0.39, 0.29) is 29.2 Å². The molecule has 1 aromatic heterocycles. The zero-order valence-corrected chi connectivity index (χ0v) is 22.7. The molecule has 1 aliphatic rings. The fraction of sp³-hybridized carbons (Fsp3) is 0.704. The summed E-state index contributed by atoms with van der Waals surface area (Å²) < 4.78 is 22.4. The first kappa shape index (κ1) is 29.5. The van der Waals surface area contributed by atoms with Crippen LogP contribution < -0.4 is 14.8 Å². The Morgan fingerprint density at radius 1 is 1.14 bits per heavy atom. The lowest BCUT2D eigenvalue weighted by atomic mass is 9.88. The van der Waals surface area contributed by atoms with E-state index in [1.807, 2.05) is 6.92 Å². The molecule has 0 saturated heterocycles. The molecule has 0 unspecified atom stereocenters. The van der Waals surface area contributed by atoms with E-state index in [1.165, 1.54) is 46.1 Å². The first-order valence-electron chi connectivity index (χ1n) is 12.9. The normalized spacial score (nSPS) is 16.6. The van der Waals surface area contributed by atoms with Gasteiger partial charge in [-0.15, -0.1) is 0 Å². The van der Waals surface area contributed by atoms with E-state index < -0.39 is 30.0 Å². The molecular formula is C27H42N2O7. The Labute approximate surface area is 214 Å². The van der Waals surface area contributed by atoms with Crippen molar-refractivity contribution in [2.75, 3.05) is 13.7 Å². The number of methoxy groups -OCH3 is 1. The van der Waals surface area contributed by atoms with E-state index in [2.05, 4.69) is 31.1 Å². The van der Waals surface area contributed by atoms with Crippen LogP contribution in [-0.4, -0.2) is 54.8 Å². The van der Waals surface area contributed by atoms with Gasteiger partial charge in [0.1, 0.15) is 12.1 Å². The van der Waals surface area contributed by atoms with Crippen molar-refractivity contribution in [2.45, 2.75) is 91.9 Å². The first-order chi connectivity index (χ1) is 17.1. The third-order valence-electron chi connectivity index (χ3n) is 6.34. The lowest BCUT2D eigenvalue weighted by Crippen LogP contribution is -2.44. The van der Waals surface area contributed by atoms with Crippen molar-refractivity contribution < 1.29 is 33.3 Å². The molecule has 1 N–H and O–H groups in total. The van der Waals surface area contributed by atoms with E-state index >= 15 is 0 Å². The van der Waals surface area contributed by atoms with E-state index in [0.29, 0.717) is 18.4 Å². The van der Waals surface area contributed by atoms with Crippen molar-refractivity contribution in [1.82, 2.24) is 10.3 Å². The Balaban J connectivity index is 2.07. The fourth-order valence-electron chi connectivity index (χ4n) is 4.01. The minimum Gasteiger partial charge on any atom is -0.493 e. The van der Waals surface area contributed by atoms with Crippen LogP contribution in [0.3, 0.4) is 0 Å². The van der Waals surface area contributed by atoms with Gasteiger partial charge in [-0.3, -0.25) is 9.59 Å². The third-order valence-corrected chi connectivity index (χ3v) is 6.34. The molecule has 36 heavy (non-hydrogen) atoms. The quantitative estimate of drug-likeness (QED) is 0.350. The molecule has 202 valence electrons. The van der Waals surface area contributed by atoms with E-state index in [1.54, 1.807) is 0 Å². The molecule has 2 rings (SSSR count). The summed E-state index contributed by atoms with van der Waals surface area (Å²) in [5, 5.41) is 2.59. The van der Waals surface area contributed by atoms with E-state index in [4.69, 9.17) is 18.9 Å². The average Bonchev–Trinajstić information content (AvgIpc) is 3.64. The molecule has 1 aromatic rings. The standard InChI is InChI=1S/C27H42N2O7/c1-8-21(12-9-16(2)3)24(34-15-20-10-11-20)18(5)35-27(32)17(4)29-26(31)23-25(36-19(6)30)22(33-7)13-14-28-23/h13-14,16-18,20-21,24H,8-12,15H2,1-7H3,(H,29,31)/t17-,18-,21+,24-/m0/s1. The minimum atomic E-state index is -0.960. The molecular weight excluding hydrogens is 464 g/mol. The predicted octanol–water partition coefficient (Wildman–Crippen LogP) is 4.32. The van der Waals surface area contributed by atoms with Crippen LogP contribution in [-0.2, 0) is 19.1 Å². The van der Waals surface area contributed by atoms with Gasteiger partial charge in [0, 0.05) is 25.8 Å². The van der Waals surface area contributed by atoms with Crippen molar-refractivity contribution >= 4 is 17.8 Å². The monoisotopic (exact) mass is 506 g/mol. The highest BCUT2D eigenvalue weighted by Gasteiger charge is 2.33. The Bertz CT molecular complexity index is 885. The van der Waals surface area contributed by atoms with Gasteiger partial charge in [-0.25, -0.2) is 9.78 Å². The number of hydrogen-bond donors (Lipinski definition) is 1. The van der Waals surface area contributed by atoms with Gasteiger partial charge >= 0.3 is 11.9 Å². The summed E-state index contributed by atoms with van der Waals surface area (Å²) in [5.41, 5.74) is -0.164. The number of aromatic nitrogens is 1. The zero-order valence-electron chi connectivity index (χ0n) is 22.7. The Morgan fingerprint density at radius 3 is 2.39 bits per heavy atom. The number of pyridine rings is 1. The summed E-state index contributed by atoms with van der Waals surface area (Å²) in [6.45, 7) is 11.8. The molecule has 9 heteroatoms. The van der Waals surface area contributed by atoms with Gasteiger partial charge in [0.15, 0.2) is 11.4 Å². The van der Waals surface area contributed by atoms with Gasteiger partial charge in [-0.05, 0) is 50.9 Å². The first-order valence-corrected chi connectivity index (χ1v) is 12.9. The maximum Gasteiger partial charge on any atom is 0.328 e. The van der Waals surface area contributed by atoms with Gasteiger partial charge in [0.05, 0.1) is 13.2 Å². The molecule has 1 saturated carbocycles. The Kier molecular flexibility index (Phi) is 11.6. The largest absolute Gasteiger partial charge is 0.493 e. The minimum absolute atomic E-state index is 0.108. The van der Waals surface area contributed by atoms with Crippen LogP contribution in [0.4, 0.5) is 0 Å². The SMILES string of the molecule is CC[C@H](CCC(C)C)[C@@H](OCC1CC1)[C@H](C)OC(=O)[C@H](C)NC(=O)c1nccc(OC)c1OC(C)=O. The highest BCUT2D eigenvalue weighted by Crippen LogP contribution is 2.32. The van der Waals surface area contributed by atoms with E-state index in [9.17, 15) is 14.4 Å². The summed E-state index contributed by atoms with van der Waals surface area (Å²) in [6, 6.07) is 0.512. The van der Waals surface area contributed by atoms with Crippen LogP contribution in [0.5, 0.6) is 11.5 Å². The highest BCUT2D eigenvalue weighted by atomic mass is 16.6. The topological polar surface area (TPSA) is 113 Å². The van der Waals surface area contributed by atoms with Crippen LogP contribution in [0.15, 0.2) is 12.3 Å². The molecule has 9 nitrogen and oxygen atoms in total. The maximum absolute atomic E-state index is 12.9. The zero-order chi connectivity index (χ0) is 26.8. The highest BCUT2D eigenvalue weighted by molar-refractivity contribution is 5.98. The van der Waals surface area contributed by atoms with Gasteiger partial charge < -0.3 is 24.3 Å². The second-order valence-corrected chi connectivity index (χ2v) is 10.0. The van der Waals surface area contributed by atoms with Gasteiger partial charge in [0.2, 0.25) is 5.75 Å². The molecule has 1 aliphatic carbocycles. The number of nitrogens with zero attached hydrogens (tertiary/aromatic N) is 1. The second kappa shape index (κ2) is 14.2. The van der Waals surface area contributed by atoms with Crippen molar-refractivity contribution in [3.05, 3.63) is 18.0 Å². The van der Waals surface area contributed by atoms with Crippen molar-refractivity contribution in [3.63, 3.8) is 0 Å². The number of esters is 2. The predicted molar refractivity (Wildman–Crippen MR) is 135 cm³/mol. The number of nitrogens with one attached hydrogen (secondary N) is 1. The number of amides is 1. The molecule has 0 spiro atoms. The summed E-state index contributed by atoms with van der Waals surface area (Å²) in [5.74, 6) is -0.377. The van der Waals surface area contributed by atoms with Crippen LogP contribution in [0.1, 0.15) is 84.1 Å². The molecule has 4 atom stereocenters. The van der Waals surface area contributed by atoms with Gasteiger partial charge in [0.25, 0.3) is 5.91 Å². The molecule has 1 heterocycles. The number of hydrogen-bond acceptors (Lipinski definition) is 8. The van der Waals surface area contributed by atoms with Crippen LogP contribution in [0, 0.1) is 17.8 Å². The molecule has 0 aliphatic heterocycles. The van der Waals surface area contributed by atoms with Crippen molar-refractivity contribution in [3.8, 4) is 11.5 Å². The number of carbonyl (C=O) groups excluding carboxylic acids is 3. The van der Waals surface area contributed by atoms with Crippen LogP contribution in [0.25, 0.3) is 0 Å². The molecule has 1 fully saturated rings. The van der Waals surface area contributed by atoms with Crippen LogP contribution >= 0.6 is 0 Å². The third kappa shape index (κ3) is 9.08. The van der Waals surface area contributed by atoms with Gasteiger partial charge in [-0.1, -0.05) is 33.6 Å². The molecule has 0 aromatic carbocycles.